The largest absolute Gasteiger partial charge is 0.335 e. The molecular weight excluding hydrogens is 308 g/mol. The van der Waals surface area contributed by atoms with Gasteiger partial charge in [-0.3, -0.25) is 9.59 Å². The fourth-order valence-electron chi connectivity index (χ4n) is 2.28. The van der Waals surface area contributed by atoms with E-state index in [9.17, 15) is 9.59 Å². The van der Waals surface area contributed by atoms with Crippen molar-refractivity contribution >= 4 is 34.5 Å². The molecule has 0 unspecified atom stereocenters. The Hall–Kier alpha value is -1.80. The third kappa shape index (κ3) is 3.11. The normalized spacial score (nSPS) is 15.8. The van der Waals surface area contributed by atoms with Gasteiger partial charge in [0.15, 0.2) is 0 Å². The molecule has 2 aromatic rings. The molecule has 0 saturated carbocycles. The fraction of sp³-hybridized carbons (Fsp3) is 0.385. The van der Waals surface area contributed by atoms with Crippen molar-refractivity contribution < 1.29 is 9.59 Å². The summed E-state index contributed by atoms with van der Waals surface area (Å²) in [5.74, 6) is -0.113. The van der Waals surface area contributed by atoms with Crippen LogP contribution in [0, 0.1) is 0 Å². The molecule has 1 saturated heterocycles. The van der Waals surface area contributed by atoms with E-state index in [1.807, 2.05) is 0 Å². The van der Waals surface area contributed by atoms with E-state index in [2.05, 4.69) is 9.97 Å². The third-order valence-corrected chi connectivity index (χ3v) is 4.55. The smallest absolute Gasteiger partial charge is 0.273 e. The highest BCUT2D eigenvalue weighted by molar-refractivity contribution is 7.08. The summed E-state index contributed by atoms with van der Waals surface area (Å²) in [6.07, 6.45) is 0.770. The summed E-state index contributed by atoms with van der Waals surface area (Å²) in [4.78, 5) is 36.2. The molecule has 2 aromatic heterocycles. The van der Waals surface area contributed by atoms with Crippen molar-refractivity contribution in [1.29, 1.82) is 0 Å². The first-order valence-corrected chi connectivity index (χ1v) is 8.49. The highest BCUT2D eigenvalue weighted by Crippen LogP contribution is 2.12. The molecule has 21 heavy (non-hydrogen) atoms. The maximum absolute atomic E-state index is 12.3. The lowest BCUT2D eigenvalue weighted by Gasteiger charge is -2.21. The van der Waals surface area contributed by atoms with Gasteiger partial charge < -0.3 is 9.80 Å². The first-order valence-electron chi connectivity index (χ1n) is 6.60. The van der Waals surface area contributed by atoms with Crippen LogP contribution >= 0.6 is 22.7 Å². The molecule has 6 nitrogen and oxygen atoms in total. The van der Waals surface area contributed by atoms with Crippen LogP contribution in [0.25, 0.3) is 0 Å². The van der Waals surface area contributed by atoms with Gasteiger partial charge in [0.2, 0.25) is 0 Å². The Balaban J connectivity index is 1.64. The minimum atomic E-state index is -0.0563. The lowest BCUT2D eigenvalue weighted by Crippen LogP contribution is -2.37. The van der Waals surface area contributed by atoms with Crippen LogP contribution in [0.1, 0.15) is 27.4 Å². The van der Waals surface area contributed by atoms with Gasteiger partial charge in [0.25, 0.3) is 11.8 Å². The first kappa shape index (κ1) is 14.2. The molecule has 0 bridgehead atoms. The topological polar surface area (TPSA) is 66.4 Å². The van der Waals surface area contributed by atoms with E-state index in [4.69, 9.17) is 0 Å². The highest BCUT2D eigenvalue weighted by Gasteiger charge is 2.24. The number of rotatable bonds is 2. The summed E-state index contributed by atoms with van der Waals surface area (Å²) in [5, 5.41) is 3.51. The Bertz CT molecular complexity index is 558. The van der Waals surface area contributed by atoms with Crippen LogP contribution in [0.3, 0.4) is 0 Å². The molecule has 8 heteroatoms. The number of nitrogens with zero attached hydrogens (tertiary/aromatic N) is 4. The van der Waals surface area contributed by atoms with E-state index in [0.717, 1.165) is 6.42 Å². The minimum Gasteiger partial charge on any atom is -0.335 e. The molecule has 0 N–H and O–H groups in total. The van der Waals surface area contributed by atoms with Crippen molar-refractivity contribution in [3.63, 3.8) is 0 Å². The SMILES string of the molecule is O=C(c1cscn1)N1CCCN(C(=O)c2cscn2)CC1. The van der Waals surface area contributed by atoms with Crippen LogP contribution in [0.4, 0.5) is 0 Å². The van der Waals surface area contributed by atoms with Gasteiger partial charge in [-0.15, -0.1) is 22.7 Å². The number of aromatic nitrogens is 2. The van der Waals surface area contributed by atoms with Gasteiger partial charge in [0, 0.05) is 36.9 Å². The molecule has 1 aliphatic rings. The Kier molecular flexibility index (Phi) is 4.26. The summed E-state index contributed by atoms with van der Waals surface area (Å²) >= 11 is 2.82. The monoisotopic (exact) mass is 322 g/mol. The minimum absolute atomic E-state index is 0.0563. The summed E-state index contributed by atoms with van der Waals surface area (Å²) in [6, 6.07) is 0. The predicted molar refractivity (Wildman–Crippen MR) is 80.7 cm³/mol. The quantitative estimate of drug-likeness (QED) is 0.842. The van der Waals surface area contributed by atoms with Gasteiger partial charge in [0.05, 0.1) is 11.0 Å². The number of carbonyl (C=O) groups is 2. The van der Waals surface area contributed by atoms with Crippen molar-refractivity contribution in [3.8, 4) is 0 Å². The number of amides is 2. The summed E-state index contributed by atoms with van der Waals surface area (Å²) < 4.78 is 0. The molecule has 1 fully saturated rings. The van der Waals surface area contributed by atoms with E-state index in [-0.39, 0.29) is 11.8 Å². The molecule has 0 radical (unpaired) electrons. The Morgan fingerprint density at radius 3 is 1.71 bits per heavy atom. The van der Waals surface area contributed by atoms with Crippen LogP contribution in [-0.2, 0) is 0 Å². The molecule has 2 amide bonds. The Morgan fingerprint density at radius 1 is 0.857 bits per heavy atom. The van der Waals surface area contributed by atoms with Crippen molar-refractivity contribution in [2.45, 2.75) is 6.42 Å². The third-order valence-electron chi connectivity index (χ3n) is 3.37. The van der Waals surface area contributed by atoms with Crippen LogP contribution in [0.5, 0.6) is 0 Å². The molecular formula is C13H14N4O2S2. The first-order chi connectivity index (χ1) is 10.3. The highest BCUT2D eigenvalue weighted by atomic mass is 32.1. The second-order valence-corrected chi connectivity index (χ2v) is 6.12. The number of thiazole rings is 2. The van der Waals surface area contributed by atoms with Gasteiger partial charge in [0.1, 0.15) is 11.4 Å². The van der Waals surface area contributed by atoms with E-state index < -0.39 is 0 Å². The predicted octanol–water partition coefficient (Wildman–Crippen LogP) is 1.59. The average Bonchev–Trinajstić information content (AvgIpc) is 3.15. The Labute approximate surface area is 130 Å². The standard InChI is InChI=1S/C13H14N4O2S2/c18-12(10-6-20-8-14-10)16-2-1-3-17(5-4-16)13(19)11-7-21-9-15-11/h6-9H,1-5H2. The van der Waals surface area contributed by atoms with Crippen molar-refractivity contribution in [3.05, 3.63) is 33.2 Å². The van der Waals surface area contributed by atoms with Gasteiger partial charge in [-0.1, -0.05) is 0 Å². The second kappa shape index (κ2) is 6.31. The maximum Gasteiger partial charge on any atom is 0.273 e. The molecule has 110 valence electrons. The van der Waals surface area contributed by atoms with Crippen molar-refractivity contribution in [2.24, 2.45) is 0 Å². The zero-order valence-corrected chi connectivity index (χ0v) is 12.9. The van der Waals surface area contributed by atoms with Gasteiger partial charge >= 0.3 is 0 Å². The zero-order chi connectivity index (χ0) is 14.7. The second-order valence-electron chi connectivity index (χ2n) is 4.69. The average molecular weight is 322 g/mol. The molecule has 1 aliphatic heterocycles. The molecule has 3 rings (SSSR count). The van der Waals surface area contributed by atoms with Crippen LogP contribution < -0.4 is 0 Å². The summed E-state index contributed by atoms with van der Waals surface area (Å²) in [5.41, 5.74) is 4.28. The molecule has 0 aliphatic carbocycles. The number of hydrogen-bond donors (Lipinski definition) is 0. The van der Waals surface area contributed by atoms with Gasteiger partial charge in [-0.05, 0) is 6.42 Å². The lowest BCUT2D eigenvalue weighted by molar-refractivity contribution is 0.0713. The summed E-state index contributed by atoms with van der Waals surface area (Å²) in [6.45, 7) is 2.37. The van der Waals surface area contributed by atoms with E-state index in [0.29, 0.717) is 37.6 Å². The van der Waals surface area contributed by atoms with Crippen molar-refractivity contribution in [2.75, 3.05) is 26.2 Å². The molecule has 3 heterocycles. The zero-order valence-electron chi connectivity index (χ0n) is 11.3. The van der Waals surface area contributed by atoms with E-state index in [1.54, 1.807) is 31.6 Å². The van der Waals surface area contributed by atoms with Gasteiger partial charge in [-0.2, -0.15) is 0 Å². The summed E-state index contributed by atoms with van der Waals surface area (Å²) in [7, 11) is 0. The van der Waals surface area contributed by atoms with Crippen LogP contribution in [0.2, 0.25) is 0 Å². The Morgan fingerprint density at radius 2 is 1.33 bits per heavy atom. The van der Waals surface area contributed by atoms with E-state index >= 15 is 0 Å². The number of carbonyl (C=O) groups excluding carboxylic acids is 2. The van der Waals surface area contributed by atoms with Crippen LogP contribution in [0.15, 0.2) is 21.8 Å². The lowest BCUT2D eigenvalue weighted by atomic mass is 10.3. The van der Waals surface area contributed by atoms with Crippen LogP contribution in [-0.4, -0.2) is 57.8 Å². The van der Waals surface area contributed by atoms with Crippen molar-refractivity contribution in [1.82, 2.24) is 19.8 Å². The molecule has 0 atom stereocenters. The number of hydrogen-bond acceptors (Lipinski definition) is 6. The maximum atomic E-state index is 12.3. The molecule has 0 aromatic carbocycles. The van der Waals surface area contributed by atoms with E-state index in [1.165, 1.54) is 22.7 Å². The fourth-order valence-corrected chi connectivity index (χ4v) is 3.34. The van der Waals surface area contributed by atoms with Gasteiger partial charge in [-0.25, -0.2) is 9.97 Å². The molecule has 0 spiro atoms.